The molecule has 2 heterocycles. The number of carbonyl (C=O) groups excluding carboxylic acids is 1. The summed E-state index contributed by atoms with van der Waals surface area (Å²) in [6.07, 6.45) is 3.86. The van der Waals surface area contributed by atoms with E-state index in [9.17, 15) is 13.2 Å². The molecule has 5 rings (SSSR count). The van der Waals surface area contributed by atoms with E-state index in [0.717, 1.165) is 31.5 Å². The average Bonchev–Trinajstić information content (AvgIpc) is 3.35. The van der Waals surface area contributed by atoms with Crippen LogP contribution in [0.1, 0.15) is 37.3 Å². The smallest absolute Gasteiger partial charge is 0.284 e. The molecule has 3 aromatic rings. The van der Waals surface area contributed by atoms with Gasteiger partial charge >= 0.3 is 0 Å². The number of piperidine rings is 1. The average molecular weight is 610 g/mol. The molecule has 1 saturated heterocycles. The Morgan fingerprint density at radius 2 is 1.54 bits per heavy atom. The maximum Gasteiger partial charge on any atom is 0.294 e. The van der Waals surface area contributed by atoms with Crippen molar-refractivity contribution in [2.75, 3.05) is 18.1 Å². The lowest BCUT2D eigenvalue weighted by atomic mass is 10.0. The Kier molecular flexibility index (Phi) is 9.87. The van der Waals surface area contributed by atoms with Crippen LogP contribution >= 0.6 is 34.8 Å². The van der Waals surface area contributed by atoms with E-state index in [0.29, 0.717) is 32.9 Å². The fourth-order valence-corrected chi connectivity index (χ4v) is 5.41. The zero-order valence-electron chi connectivity index (χ0n) is 20.8. The van der Waals surface area contributed by atoms with Crippen molar-refractivity contribution in [3.8, 4) is 0 Å². The number of hydrogen-bond acceptors (Lipinski definition) is 6. The molecule has 2 aliphatic rings. The molecular formula is C27H27Cl3N4O4S. The number of carbonyl (C=O) groups is 1. The third-order valence-corrected chi connectivity index (χ3v) is 7.90. The number of rotatable bonds is 5. The molecule has 1 fully saturated rings. The first-order chi connectivity index (χ1) is 18.6. The number of hydrazone groups is 1. The molecule has 1 unspecified atom stereocenters. The largest absolute Gasteiger partial charge is 0.294 e. The minimum Gasteiger partial charge on any atom is -0.284 e. The summed E-state index contributed by atoms with van der Waals surface area (Å²) < 4.78 is 29.2. The van der Waals surface area contributed by atoms with Gasteiger partial charge in [-0.1, -0.05) is 71.6 Å². The molecule has 0 aromatic heterocycles. The predicted octanol–water partition coefficient (Wildman–Crippen LogP) is 6.40. The molecule has 0 bridgehead atoms. The zero-order valence-corrected chi connectivity index (χ0v) is 23.9. The van der Waals surface area contributed by atoms with Gasteiger partial charge in [0.15, 0.2) is 0 Å². The van der Waals surface area contributed by atoms with E-state index in [4.69, 9.17) is 39.4 Å². The third-order valence-electron chi connectivity index (χ3n) is 6.24. The number of hydrogen-bond donors (Lipinski definition) is 2. The van der Waals surface area contributed by atoms with Gasteiger partial charge in [0.2, 0.25) is 0 Å². The third kappa shape index (κ3) is 7.94. The summed E-state index contributed by atoms with van der Waals surface area (Å²) in [6, 6.07) is 20.1. The molecule has 2 N–H and O–H groups in total. The number of benzene rings is 3. The molecule has 206 valence electrons. The Morgan fingerprint density at radius 1 is 0.897 bits per heavy atom. The number of anilines is 1. The van der Waals surface area contributed by atoms with E-state index in [-0.39, 0.29) is 16.8 Å². The first-order valence-electron chi connectivity index (χ1n) is 12.3. The Hall–Kier alpha value is -2.66. The van der Waals surface area contributed by atoms with Crippen LogP contribution in [0.4, 0.5) is 5.69 Å². The second kappa shape index (κ2) is 13.1. The minimum atomic E-state index is -4.00. The quantitative estimate of drug-likeness (QED) is 0.325. The summed E-state index contributed by atoms with van der Waals surface area (Å²) in [7, 11) is -4.00. The fraction of sp³-hybridized carbons (Fsp3) is 0.259. The molecule has 1 amide bonds. The molecule has 0 aliphatic carbocycles. The van der Waals surface area contributed by atoms with Crippen LogP contribution in [0, 0.1) is 0 Å². The fourth-order valence-electron chi connectivity index (χ4n) is 4.29. The number of amides is 1. The first kappa shape index (κ1) is 29.3. The van der Waals surface area contributed by atoms with Crippen molar-refractivity contribution in [1.82, 2.24) is 10.4 Å². The van der Waals surface area contributed by atoms with E-state index in [1.807, 2.05) is 35.3 Å². The highest BCUT2D eigenvalue weighted by molar-refractivity contribution is 7.85. The summed E-state index contributed by atoms with van der Waals surface area (Å²) >= 11 is 18.6. The van der Waals surface area contributed by atoms with Gasteiger partial charge in [0.05, 0.1) is 21.6 Å². The number of hydrazine groups is 1. The molecule has 2 aliphatic heterocycles. The molecule has 8 nitrogen and oxygen atoms in total. The molecule has 12 heteroatoms. The van der Waals surface area contributed by atoms with Crippen LogP contribution in [-0.2, 0) is 14.9 Å². The Balaban J connectivity index is 0.000000298. The van der Waals surface area contributed by atoms with Gasteiger partial charge in [-0.15, -0.1) is 0 Å². The number of nitrogens with one attached hydrogen (secondary N) is 1. The van der Waals surface area contributed by atoms with Crippen molar-refractivity contribution in [2.45, 2.75) is 36.6 Å². The maximum atomic E-state index is 12.9. The molecule has 39 heavy (non-hydrogen) atoms. The highest BCUT2D eigenvalue weighted by atomic mass is 35.5. The second-order valence-corrected chi connectivity index (χ2v) is 11.7. The van der Waals surface area contributed by atoms with Crippen molar-refractivity contribution >= 4 is 62.2 Å². The van der Waals surface area contributed by atoms with Crippen LogP contribution in [0.3, 0.4) is 0 Å². The van der Waals surface area contributed by atoms with Crippen molar-refractivity contribution in [3.05, 3.63) is 93.4 Å². The standard InChI is InChI=1S/C21H21Cl3N4O.C6H6O3S/c22-15-6-4-14(5-7-15)20-13-18(21(29)26-27-10-2-1-3-11-27)25-28(20)19-9-8-16(23)12-17(19)24;7-10(8,9)6-4-2-1-3-5-6/h4-9,12,20H,1-3,10-11,13H2,(H,26,29);1-5H,(H,7,8,9). The molecule has 0 radical (unpaired) electrons. The van der Waals surface area contributed by atoms with Gasteiger partial charge < -0.3 is 0 Å². The van der Waals surface area contributed by atoms with Crippen LogP contribution in [-0.4, -0.2) is 42.7 Å². The normalized spacial score (nSPS) is 17.7. The van der Waals surface area contributed by atoms with Gasteiger partial charge in [0.25, 0.3) is 16.0 Å². The lowest BCUT2D eigenvalue weighted by Gasteiger charge is -2.26. The first-order valence-corrected chi connectivity index (χ1v) is 14.8. The van der Waals surface area contributed by atoms with Gasteiger partial charge in [-0.05, 0) is 60.9 Å². The Labute approximate surface area is 242 Å². The van der Waals surface area contributed by atoms with Crippen molar-refractivity contribution in [3.63, 3.8) is 0 Å². The van der Waals surface area contributed by atoms with Crippen LogP contribution in [0.5, 0.6) is 0 Å². The maximum absolute atomic E-state index is 12.9. The topological polar surface area (TPSA) is 102 Å². The van der Waals surface area contributed by atoms with Crippen molar-refractivity contribution < 1.29 is 17.8 Å². The molecule has 0 spiro atoms. The minimum absolute atomic E-state index is 0.0741. The van der Waals surface area contributed by atoms with Crippen molar-refractivity contribution in [2.24, 2.45) is 5.10 Å². The van der Waals surface area contributed by atoms with Gasteiger partial charge in [-0.3, -0.25) is 19.8 Å². The highest BCUT2D eigenvalue weighted by Gasteiger charge is 2.34. The van der Waals surface area contributed by atoms with Crippen LogP contribution < -0.4 is 10.4 Å². The molecular weight excluding hydrogens is 583 g/mol. The Morgan fingerprint density at radius 3 is 2.13 bits per heavy atom. The highest BCUT2D eigenvalue weighted by Crippen LogP contribution is 2.39. The predicted molar refractivity (Wildman–Crippen MR) is 155 cm³/mol. The Bertz CT molecular complexity index is 1430. The van der Waals surface area contributed by atoms with Crippen LogP contribution in [0.15, 0.2) is 82.8 Å². The number of halogens is 3. The van der Waals surface area contributed by atoms with E-state index in [1.54, 1.807) is 35.3 Å². The van der Waals surface area contributed by atoms with Gasteiger partial charge in [0.1, 0.15) is 5.71 Å². The summed E-state index contributed by atoms with van der Waals surface area (Å²) in [5, 5.41) is 10.1. The van der Waals surface area contributed by atoms with E-state index in [1.165, 1.54) is 18.6 Å². The van der Waals surface area contributed by atoms with Crippen LogP contribution in [0.2, 0.25) is 15.1 Å². The second-order valence-electron chi connectivity index (χ2n) is 9.04. The van der Waals surface area contributed by atoms with Gasteiger partial charge in [-0.25, -0.2) is 5.01 Å². The summed E-state index contributed by atoms with van der Waals surface area (Å²) in [6.45, 7) is 1.73. The van der Waals surface area contributed by atoms with E-state index in [2.05, 4.69) is 10.5 Å². The SMILES string of the molecule is O=C(NN1CCCCC1)C1=NN(c2ccc(Cl)cc2Cl)C(c2ccc(Cl)cc2)C1.O=S(=O)(O)c1ccccc1. The zero-order chi connectivity index (χ0) is 28.0. The van der Waals surface area contributed by atoms with Gasteiger partial charge in [0, 0.05) is 29.6 Å². The summed E-state index contributed by atoms with van der Waals surface area (Å²) in [5.74, 6) is -0.168. The lowest BCUT2D eigenvalue weighted by Crippen LogP contribution is -2.47. The monoisotopic (exact) mass is 608 g/mol. The van der Waals surface area contributed by atoms with E-state index < -0.39 is 10.1 Å². The summed E-state index contributed by atoms with van der Waals surface area (Å²) in [5.41, 5.74) is 5.18. The number of nitrogens with zero attached hydrogens (tertiary/aromatic N) is 3. The molecule has 1 atom stereocenters. The van der Waals surface area contributed by atoms with Crippen molar-refractivity contribution in [1.29, 1.82) is 0 Å². The molecule has 3 aromatic carbocycles. The van der Waals surface area contributed by atoms with Gasteiger partial charge in [-0.2, -0.15) is 13.5 Å². The summed E-state index contributed by atoms with van der Waals surface area (Å²) in [4.78, 5) is 12.8. The molecule has 0 saturated carbocycles. The lowest BCUT2D eigenvalue weighted by molar-refractivity contribution is -0.119. The van der Waals surface area contributed by atoms with Crippen LogP contribution in [0.25, 0.3) is 0 Å². The van der Waals surface area contributed by atoms with E-state index >= 15 is 0 Å².